The van der Waals surface area contributed by atoms with Crippen molar-refractivity contribution in [1.29, 1.82) is 0 Å². The fraction of sp³-hybridized carbons (Fsp3) is 0.333. The van der Waals surface area contributed by atoms with Crippen molar-refractivity contribution in [3.05, 3.63) is 35.9 Å². The molecule has 0 atom stereocenters. The highest BCUT2D eigenvalue weighted by Crippen LogP contribution is 2.28. The first-order valence-electron chi connectivity index (χ1n) is 5.03. The van der Waals surface area contributed by atoms with Crippen molar-refractivity contribution >= 4 is 35.0 Å². The number of carboxylic acids is 2. The van der Waals surface area contributed by atoms with E-state index >= 15 is 0 Å². The molecule has 17 heavy (non-hydrogen) atoms. The van der Waals surface area contributed by atoms with Gasteiger partial charge in [-0.15, -0.1) is 0 Å². The minimum absolute atomic E-state index is 0. The van der Waals surface area contributed by atoms with Crippen LogP contribution in [0.5, 0.6) is 0 Å². The summed E-state index contributed by atoms with van der Waals surface area (Å²) in [6, 6.07) is 8.80. The van der Waals surface area contributed by atoms with E-state index in [1.54, 1.807) is 37.3 Å². The van der Waals surface area contributed by atoms with E-state index < -0.39 is 17.4 Å². The van der Waals surface area contributed by atoms with Gasteiger partial charge >= 0.3 is 35.0 Å². The minimum atomic E-state index is -1.72. The lowest BCUT2D eigenvalue weighted by Crippen LogP contribution is -2.40. The quantitative estimate of drug-likeness (QED) is 0.599. The Bertz CT molecular complexity index is 375. The summed E-state index contributed by atoms with van der Waals surface area (Å²) in [5.74, 6) is -2.57. The Morgan fingerprint density at radius 2 is 1.59 bits per heavy atom. The molecule has 1 aromatic carbocycles. The van der Waals surface area contributed by atoms with Crippen molar-refractivity contribution in [2.75, 3.05) is 0 Å². The number of aliphatic carboxylic acids is 2. The highest BCUT2D eigenvalue weighted by Gasteiger charge is 2.44. The maximum Gasteiger partial charge on any atom is 0.321 e. The Balaban J connectivity index is 0.00000256. The van der Waals surface area contributed by atoms with Crippen LogP contribution in [0.1, 0.15) is 18.9 Å². The average Bonchev–Trinajstić information content (AvgIpc) is 2.26. The summed E-state index contributed by atoms with van der Waals surface area (Å²) in [6.07, 6.45) is 0.0710. The van der Waals surface area contributed by atoms with Crippen molar-refractivity contribution in [1.82, 2.24) is 0 Å². The van der Waals surface area contributed by atoms with Gasteiger partial charge in [0.1, 0.15) is 0 Å². The van der Waals surface area contributed by atoms with E-state index in [-0.39, 0.29) is 35.9 Å². The summed E-state index contributed by atoms with van der Waals surface area (Å²) in [7, 11) is 0. The van der Waals surface area contributed by atoms with E-state index in [0.717, 1.165) is 0 Å². The van der Waals surface area contributed by atoms with Crippen LogP contribution >= 0.6 is 0 Å². The molecule has 90 valence electrons. The van der Waals surface area contributed by atoms with E-state index in [2.05, 4.69) is 0 Å². The Morgan fingerprint density at radius 3 is 1.94 bits per heavy atom. The molecule has 0 radical (unpaired) electrons. The van der Waals surface area contributed by atoms with Gasteiger partial charge < -0.3 is 10.2 Å². The van der Waals surface area contributed by atoms with E-state index in [4.69, 9.17) is 10.2 Å². The molecule has 0 fully saturated rings. The molecule has 4 nitrogen and oxygen atoms in total. The molecule has 0 aliphatic heterocycles. The fourth-order valence-corrected chi connectivity index (χ4v) is 1.61. The standard InChI is InChI=1S/C12H14O4.Mg.2H/c1-2-12(10(13)14,11(15)16)8-9-6-4-3-5-7-9;;;/h3-7H,2,8H2,1H3,(H,13,14)(H,15,16);;;. The smallest absolute Gasteiger partial charge is 0.321 e. The Kier molecular flexibility index (Phi) is 6.19. The lowest BCUT2D eigenvalue weighted by molar-refractivity contribution is -0.164. The molecule has 0 aliphatic rings. The number of hydrogen-bond donors (Lipinski definition) is 2. The van der Waals surface area contributed by atoms with E-state index in [0.29, 0.717) is 5.56 Å². The van der Waals surface area contributed by atoms with Gasteiger partial charge in [0.25, 0.3) is 0 Å². The van der Waals surface area contributed by atoms with Crippen LogP contribution in [0.2, 0.25) is 0 Å². The van der Waals surface area contributed by atoms with Crippen molar-refractivity contribution in [3.63, 3.8) is 0 Å². The summed E-state index contributed by atoms with van der Waals surface area (Å²) >= 11 is 0. The Hall–Kier alpha value is -1.07. The van der Waals surface area contributed by atoms with Crippen molar-refractivity contribution in [2.24, 2.45) is 5.41 Å². The van der Waals surface area contributed by atoms with Gasteiger partial charge in [0.15, 0.2) is 5.41 Å². The summed E-state index contributed by atoms with van der Waals surface area (Å²) in [5.41, 5.74) is -1.00. The fourth-order valence-electron chi connectivity index (χ4n) is 1.61. The molecule has 0 aromatic heterocycles. The third-order valence-corrected chi connectivity index (χ3v) is 2.77. The van der Waals surface area contributed by atoms with Crippen LogP contribution in [-0.4, -0.2) is 45.2 Å². The zero-order valence-electron chi connectivity index (χ0n) is 9.01. The second-order valence-corrected chi connectivity index (χ2v) is 3.71. The Labute approximate surface area is 116 Å². The molecule has 0 unspecified atom stereocenters. The van der Waals surface area contributed by atoms with Crippen LogP contribution in [0.15, 0.2) is 30.3 Å². The Morgan fingerprint density at radius 1 is 1.12 bits per heavy atom. The third-order valence-electron chi connectivity index (χ3n) is 2.77. The first kappa shape index (κ1) is 15.9. The van der Waals surface area contributed by atoms with Gasteiger partial charge in [-0.25, -0.2) is 0 Å². The molecule has 1 aromatic rings. The first-order chi connectivity index (χ1) is 7.53. The maximum atomic E-state index is 11.1. The van der Waals surface area contributed by atoms with E-state index in [9.17, 15) is 9.59 Å². The molecular weight excluding hydrogens is 232 g/mol. The molecule has 0 saturated heterocycles. The van der Waals surface area contributed by atoms with Gasteiger partial charge in [-0.3, -0.25) is 9.59 Å². The zero-order chi connectivity index (χ0) is 12.2. The molecule has 0 spiro atoms. The second kappa shape index (κ2) is 6.61. The maximum absolute atomic E-state index is 11.1. The zero-order valence-corrected chi connectivity index (χ0v) is 9.01. The van der Waals surface area contributed by atoms with Crippen LogP contribution in [0.3, 0.4) is 0 Å². The first-order valence-corrected chi connectivity index (χ1v) is 5.03. The number of carbonyl (C=O) groups is 2. The molecule has 0 bridgehead atoms. The predicted molar refractivity (Wildman–Crippen MR) is 66.7 cm³/mol. The lowest BCUT2D eigenvalue weighted by atomic mass is 9.79. The number of rotatable bonds is 5. The summed E-state index contributed by atoms with van der Waals surface area (Å²) in [6.45, 7) is 1.57. The van der Waals surface area contributed by atoms with Crippen LogP contribution in [-0.2, 0) is 16.0 Å². The monoisotopic (exact) mass is 248 g/mol. The SMILES string of the molecule is CCC(Cc1ccccc1)(C(=O)O)C(=O)O.[MgH2]. The van der Waals surface area contributed by atoms with Gasteiger partial charge in [0.05, 0.1) is 0 Å². The lowest BCUT2D eigenvalue weighted by Gasteiger charge is -2.23. The van der Waals surface area contributed by atoms with Gasteiger partial charge in [-0.2, -0.15) is 0 Å². The average molecular weight is 249 g/mol. The molecule has 2 N–H and O–H groups in total. The second-order valence-electron chi connectivity index (χ2n) is 3.71. The largest absolute Gasteiger partial charge is 0.480 e. The van der Waals surface area contributed by atoms with E-state index in [1.807, 2.05) is 0 Å². The summed E-state index contributed by atoms with van der Waals surface area (Å²) in [4.78, 5) is 22.2. The molecule has 0 aliphatic carbocycles. The van der Waals surface area contributed by atoms with Gasteiger partial charge in [0, 0.05) is 0 Å². The van der Waals surface area contributed by atoms with Crippen LogP contribution in [0.25, 0.3) is 0 Å². The highest BCUT2D eigenvalue weighted by molar-refractivity contribution is 5.98. The van der Waals surface area contributed by atoms with Crippen molar-refractivity contribution < 1.29 is 19.8 Å². The number of carboxylic acid groups (broad SMARTS) is 2. The van der Waals surface area contributed by atoms with E-state index in [1.165, 1.54) is 0 Å². The van der Waals surface area contributed by atoms with Crippen LogP contribution < -0.4 is 0 Å². The van der Waals surface area contributed by atoms with Crippen molar-refractivity contribution in [3.8, 4) is 0 Å². The predicted octanol–water partition coefficient (Wildman–Crippen LogP) is 0.878. The molecule has 0 heterocycles. The van der Waals surface area contributed by atoms with Gasteiger partial charge in [-0.1, -0.05) is 37.3 Å². The van der Waals surface area contributed by atoms with Crippen molar-refractivity contribution in [2.45, 2.75) is 19.8 Å². The normalized spacial score (nSPS) is 10.4. The molecule has 0 saturated carbocycles. The summed E-state index contributed by atoms with van der Waals surface area (Å²) < 4.78 is 0. The van der Waals surface area contributed by atoms with Gasteiger partial charge in [-0.05, 0) is 18.4 Å². The molecule has 1 rings (SSSR count). The van der Waals surface area contributed by atoms with Gasteiger partial charge in [0.2, 0.25) is 0 Å². The third kappa shape index (κ3) is 3.44. The van der Waals surface area contributed by atoms with Crippen LogP contribution in [0.4, 0.5) is 0 Å². The summed E-state index contributed by atoms with van der Waals surface area (Å²) in [5, 5.41) is 18.1. The molecule has 5 heteroatoms. The molecule has 0 amide bonds. The molecular formula is C12H16MgO4. The highest BCUT2D eigenvalue weighted by atomic mass is 24.3. The van der Waals surface area contributed by atoms with Crippen LogP contribution in [0, 0.1) is 5.41 Å². The number of benzene rings is 1. The number of hydrogen-bond acceptors (Lipinski definition) is 2. The minimum Gasteiger partial charge on any atom is -0.480 e. The topological polar surface area (TPSA) is 74.6 Å².